The quantitative estimate of drug-likeness (QED) is 0.252. The number of ether oxygens (including phenoxy) is 1. The number of benzene rings is 1. The van der Waals surface area contributed by atoms with Gasteiger partial charge in [-0.05, 0) is 37.7 Å². The Morgan fingerprint density at radius 3 is 2.61 bits per heavy atom. The molecule has 3 heterocycles. The maximum Gasteiger partial charge on any atom is 0.245 e. The topological polar surface area (TPSA) is 108 Å². The van der Waals surface area contributed by atoms with Gasteiger partial charge in [0.25, 0.3) is 0 Å². The highest BCUT2D eigenvalue weighted by Crippen LogP contribution is 2.60. The van der Waals surface area contributed by atoms with Crippen molar-refractivity contribution in [3.8, 4) is 0 Å². The molecule has 3 amide bonds. The predicted molar refractivity (Wildman–Crippen MR) is 139 cm³/mol. The van der Waals surface area contributed by atoms with Gasteiger partial charge in [-0.25, -0.2) is 0 Å². The van der Waals surface area contributed by atoms with Crippen molar-refractivity contribution in [2.24, 2.45) is 11.8 Å². The van der Waals surface area contributed by atoms with Gasteiger partial charge >= 0.3 is 0 Å². The van der Waals surface area contributed by atoms with E-state index in [1.165, 1.54) is 0 Å². The first kappa shape index (κ1) is 27.1. The second-order valence-electron chi connectivity index (χ2n) is 10.2. The molecule has 36 heavy (non-hydrogen) atoms. The summed E-state index contributed by atoms with van der Waals surface area (Å²) in [5.41, 5.74) is -0.0381. The summed E-state index contributed by atoms with van der Waals surface area (Å²) in [7, 11) is 0. The Labute approximate surface area is 221 Å². The summed E-state index contributed by atoms with van der Waals surface area (Å²) in [6, 6.07) is 8.89. The van der Waals surface area contributed by atoms with Gasteiger partial charge in [-0.1, -0.05) is 66.0 Å². The molecule has 4 rings (SSSR count). The van der Waals surface area contributed by atoms with Crippen LogP contribution in [0.25, 0.3) is 0 Å². The fourth-order valence-corrected chi connectivity index (χ4v) is 7.07. The van der Waals surface area contributed by atoms with Crippen molar-refractivity contribution < 1.29 is 24.2 Å². The maximum atomic E-state index is 13.8. The zero-order valence-electron chi connectivity index (χ0n) is 21.0. The van der Waals surface area contributed by atoms with E-state index in [1.807, 2.05) is 30.3 Å². The van der Waals surface area contributed by atoms with E-state index in [4.69, 9.17) is 9.84 Å². The highest BCUT2D eigenvalue weighted by atomic mass is 79.9. The first-order valence-electron chi connectivity index (χ1n) is 13.3. The third-order valence-corrected chi connectivity index (χ3v) is 8.63. The minimum Gasteiger partial charge on any atom is -0.396 e. The molecule has 1 aromatic rings. The van der Waals surface area contributed by atoms with Crippen molar-refractivity contribution in [1.82, 2.24) is 15.5 Å². The van der Waals surface area contributed by atoms with Gasteiger partial charge in [0.05, 0.1) is 17.9 Å². The van der Waals surface area contributed by atoms with Crippen LogP contribution in [0.4, 0.5) is 0 Å². The lowest BCUT2D eigenvalue weighted by molar-refractivity contribution is -0.142. The largest absolute Gasteiger partial charge is 0.396 e. The lowest BCUT2D eigenvalue weighted by Gasteiger charge is -2.34. The van der Waals surface area contributed by atoms with Crippen LogP contribution < -0.4 is 10.6 Å². The summed E-state index contributed by atoms with van der Waals surface area (Å²) in [5, 5.41) is 15.2. The summed E-state index contributed by atoms with van der Waals surface area (Å²) >= 11 is 3.70. The van der Waals surface area contributed by atoms with Crippen LogP contribution in [0.1, 0.15) is 57.4 Å². The molecule has 9 heteroatoms. The number of fused-ring (bicyclic) bond motifs is 1. The summed E-state index contributed by atoms with van der Waals surface area (Å²) in [4.78, 5) is 42.4. The fourth-order valence-electron chi connectivity index (χ4n) is 6.13. The van der Waals surface area contributed by atoms with E-state index in [0.717, 1.165) is 31.2 Å². The number of nitrogens with one attached hydrogen (secondary N) is 2. The second kappa shape index (κ2) is 12.0. The molecule has 1 aromatic carbocycles. The summed E-state index contributed by atoms with van der Waals surface area (Å²) in [6.45, 7) is 3.54. The first-order valence-corrected chi connectivity index (χ1v) is 14.2. The fraction of sp³-hybridized carbons (Fsp3) is 0.667. The van der Waals surface area contributed by atoms with Crippen LogP contribution in [0.3, 0.4) is 0 Å². The van der Waals surface area contributed by atoms with E-state index >= 15 is 0 Å². The third kappa shape index (κ3) is 5.20. The van der Waals surface area contributed by atoms with Crippen molar-refractivity contribution in [3.05, 3.63) is 35.9 Å². The number of nitrogens with zero attached hydrogens (tertiary/aromatic N) is 1. The average molecular weight is 565 g/mol. The summed E-state index contributed by atoms with van der Waals surface area (Å²) < 4.78 is 6.50. The normalized spacial score (nSPS) is 30.5. The average Bonchev–Trinajstić information content (AvgIpc) is 3.47. The van der Waals surface area contributed by atoms with Gasteiger partial charge in [0.2, 0.25) is 17.7 Å². The van der Waals surface area contributed by atoms with Gasteiger partial charge in [0, 0.05) is 31.1 Å². The molecular formula is C27H38BrN3O5. The number of carbonyl (C=O) groups excluding carboxylic acids is 3. The molecule has 6 atom stereocenters. The number of alkyl halides is 1. The number of likely N-dealkylation sites (tertiary alicyclic amines) is 1. The summed E-state index contributed by atoms with van der Waals surface area (Å²) in [5.74, 6) is -1.92. The van der Waals surface area contributed by atoms with Crippen molar-refractivity contribution in [3.63, 3.8) is 0 Å². The maximum absolute atomic E-state index is 13.8. The van der Waals surface area contributed by atoms with Crippen LogP contribution in [0, 0.1) is 11.8 Å². The zero-order chi connectivity index (χ0) is 25.7. The molecule has 0 saturated carbocycles. The number of carbonyl (C=O) groups is 3. The van der Waals surface area contributed by atoms with Crippen LogP contribution in [0.15, 0.2) is 30.3 Å². The number of halogens is 1. The lowest BCUT2D eigenvalue weighted by atomic mass is 9.70. The molecule has 3 fully saturated rings. The van der Waals surface area contributed by atoms with Gasteiger partial charge < -0.3 is 25.4 Å². The molecule has 3 unspecified atom stereocenters. The highest BCUT2D eigenvalue weighted by Gasteiger charge is 2.76. The standard InChI is InChI=1S/C27H38BrN3O5/c1-2-3-8-13-29-25(34)23-27-16-19(28)22(36-27)20(24(33)30-17-18-11-6-4-7-12-18)21(27)26(35)31(23)14-9-5-10-15-32/h4,6-7,11-12,19-23,32H,2-3,5,8-10,13-17H2,1H3,(H,29,34)(H,30,33)/t19?,20-,21+,22-,23?,27?/m1/s1. The zero-order valence-corrected chi connectivity index (χ0v) is 22.5. The van der Waals surface area contributed by atoms with Gasteiger partial charge in [-0.15, -0.1) is 0 Å². The lowest BCUT2D eigenvalue weighted by Crippen LogP contribution is -2.56. The molecule has 8 nitrogen and oxygen atoms in total. The van der Waals surface area contributed by atoms with Crippen LogP contribution in [0.2, 0.25) is 0 Å². The van der Waals surface area contributed by atoms with Crippen LogP contribution >= 0.6 is 15.9 Å². The number of hydrogen-bond donors (Lipinski definition) is 3. The molecule has 0 aliphatic carbocycles. The van der Waals surface area contributed by atoms with Crippen molar-refractivity contribution >= 4 is 33.7 Å². The molecule has 3 N–H and O–H groups in total. The molecule has 198 valence electrons. The Hall–Kier alpha value is -1.97. The predicted octanol–water partition coefficient (Wildman–Crippen LogP) is 2.52. The molecule has 0 radical (unpaired) electrons. The number of aliphatic hydroxyl groups excluding tert-OH is 1. The van der Waals surface area contributed by atoms with Gasteiger partial charge in [-0.3, -0.25) is 14.4 Å². The van der Waals surface area contributed by atoms with E-state index in [1.54, 1.807) is 4.90 Å². The Kier molecular flexibility index (Phi) is 9.06. The first-order chi connectivity index (χ1) is 17.4. The van der Waals surface area contributed by atoms with Gasteiger partial charge in [0.15, 0.2) is 0 Å². The molecule has 2 bridgehead atoms. The minimum atomic E-state index is -1.02. The Morgan fingerprint density at radius 2 is 1.89 bits per heavy atom. The van der Waals surface area contributed by atoms with Gasteiger partial charge in [0.1, 0.15) is 11.6 Å². The van der Waals surface area contributed by atoms with E-state index in [-0.39, 0.29) is 29.2 Å². The third-order valence-electron chi connectivity index (χ3n) is 7.79. The van der Waals surface area contributed by atoms with Gasteiger partial charge in [-0.2, -0.15) is 0 Å². The van der Waals surface area contributed by atoms with E-state index in [0.29, 0.717) is 38.9 Å². The Morgan fingerprint density at radius 1 is 1.11 bits per heavy atom. The molecule has 3 saturated heterocycles. The van der Waals surface area contributed by atoms with Crippen LogP contribution in [0.5, 0.6) is 0 Å². The highest BCUT2D eigenvalue weighted by molar-refractivity contribution is 9.09. The molecule has 0 aromatic heterocycles. The Bertz CT molecular complexity index is 931. The van der Waals surface area contributed by atoms with Crippen molar-refractivity contribution in [1.29, 1.82) is 0 Å². The molecule has 3 aliphatic rings. The number of aliphatic hydroxyl groups is 1. The number of unbranched alkanes of at least 4 members (excludes halogenated alkanes) is 4. The van der Waals surface area contributed by atoms with Crippen LogP contribution in [-0.4, -0.2) is 70.0 Å². The second-order valence-corrected chi connectivity index (χ2v) is 11.4. The van der Waals surface area contributed by atoms with Crippen LogP contribution in [-0.2, 0) is 25.7 Å². The van der Waals surface area contributed by atoms with E-state index < -0.39 is 29.6 Å². The Balaban J connectivity index is 1.56. The van der Waals surface area contributed by atoms with Crippen molar-refractivity contribution in [2.75, 3.05) is 19.7 Å². The number of amides is 3. The SMILES string of the molecule is CCCCCNC(=O)C1N(CCCCCO)C(=O)[C@@H]2[C@@H](C(=O)NCc3ccccc3)[C@@H]3OC12CC3Br. The minimum absolute atomic E-state index is 0.0988. The number of rotatable bonds is 13. The monoisotopic (exact) mass is 563 g/mol. The number of hydrogen-bond acceptors (Lipinski definition) is 5. The summed E-state index contributed by atoms with van der Waals surface area (Å²) in [6.07, 6.45) is 5.10. The van der Waals surface area contributed by atoms with E-state index in [9.17, 15) is 14.4 Å². The van der Waals surface area contributed by atoms with Crippen molar-refractivity contribution in [2.45, 2.75) is 81.0 Å². The molecular weight excluding hydrogens is 526 g/mol. The molecule has 3 aliphatic heterocycles. The smallest absolute Gasteiger partial charge is 0.245 e. The van der Waals surface area contributed by atoms with E-state index in [2.05, 4.69) is 33.5 Å². The molecule has 1 spiro atoms.